The van der Waals surface area contributed by atoms with Crippen LogP contribution in [0.2, 0.25) is 0 Å². The summed E-state index contributed by atoms with van der Waals surface area (Å²) in [5.41, 5.74) is 2.35. The van der Waals surface area contributed by atoms with E-state index >= 15 is 0 Å². The molecule has 0 radical (unpaired) electrons. The van der Waals surface area contributed by atoms with E-state index in [9.17, 15) is 8.42 Å². The standard InChI is InChI=1S/C19H26N2O3S/c1-5-15-6-8-16(9-7-15)19(21(2)3)14-20-25(22,23)18-12-10-17(24-4)11-13-18/h6-13,19-20H,5,14H2,1-4H3. The Morgan fingerprint density at radius 1 is 1.04 bits per heavy atom. The lowest BCUT2D eigenvalue weighted by Crippen LogP contribution is -2.34. The van der Waals surface area contributed by atoms with E-state index in [2.05, 4.69) is 35.9 Å². The molecule has 2 aromatic rings. The van der Waals surface area contributed by atoms with Crippen molar-refractivity contribution in [3.8, 4) is 5.75 Å². The van der Waals surface area contributed by atoms with Crippen LogP contribution >= 0.6 is 0 Å². The Balaban J connectivity index is 2.13. The normalized spacial score (nSPS) is 13.0. The summed E-state index contributed by atoms with van der Waals surface area (Å²) in [5, 5.41) is 0. The van der Waals surface area contributed by atoms with Crippen molar-refractivity contribution in [2.24, 2.45) is 0 Å². The molecule has 136 valence electrons. The van der Waals surface area contributed by atoms with Crippen LogP contribution in [0.5, 0.6) is 5.75 Å². The molecule has 0 aliphatic rings. The molecule has 0 heterocycles. The highest BCUT2D eigenvalue weighted by molar-refractivity contribution is 7.89. The third kappa shape index (κ3) is 5.04. The van der Waals surface area contributed by atoms with Crippen LogP contribution in [0.25, 0.3) is 0 Å². The number of hydrogen-bond donors (Lipinski definition) is 1. The molecule has 2 rings (SSSR count). The van der Waals surface area contributed by atoms with Crippen molar-refractivity contribution >= 4 is 10.0 Å². The average molecular weight is 362 g/mol. The van der Waals surface area contributed by atoms with Gasteiger partial charge in [-0.2, -0.15) is 0 Å². The number of benzene rings is 2. The van der Waals surface area contributed by atoms with Gasteiger partial charge in [-0.15, -0.1) is 0 Å². The molecule has 5 nitrogen and oxygen atoms in total. The van der Waals surface area contributed by atoms with Gasteiger partial charge in [0, 0.05) is 12.6 Å². The summed E-state index contributed by atoms with van der Waals surface area (Å²) in [6, 6.07) is 14.6. The zero-order chi connectivity index (χ0) is 18.4. The first-order valence-electron chi connectivity index (χ1n) is 8.26. The molecule has 0 fully saturated rings. The monoisotopic (exact) mass is 362 g/mol. The molecule has 0 saturated carbocycles. The molecule has 0 aromatic heterocycles. The first kappa shape index (κ1) is 19.4. The predicted octanol–water partition coefficient (Wildman–Crippen LogP) is 2.84. The zero-order valence-electron chi connectivity index (χ0n) is 15.2. The average Bonchev–Trinajstić information content (AvgIpc) is 2.62. The number of nitrogens with one attached hydrogen (secondary N) is 1. The lowest BCUT2D eigenvalue weighted by molar-refractivity contribution is 0.299. The van der Waals surface area contributed by atoms with Crippen LogP contribution in [0, 0.1) is 0 Å². The first-order chi connectivity index (χ1) is 11.9. The second-order valence-electron chi connectivity index (χ2n) is 6.10. The summed E-state index contributed by atoms with van der Waals surface area (Å²) in [5.74, 6) is 0.626. The van der Waals surface area contributed by atoms with Crippen LogP contribution in [0.4, 0.5) is 0 Å². The van der Waals surface area contributed by atoms with Crippen LogP contribution in [0.3, 0.4) is 0 Å². The Labute approximate surface area is 150 Å². The topological polar surface area (TPSA) is 58.6 Å². The minimum Gasteiger partial charge on any atom is -0.497 e. The lowest BCUT2D eigenvalue weighted by Gasteiger charge is -2.25. The van der Waals surface area contributed by atoms with Gasteiger partial charge in [-0.25, -0.2) is 13.1 Å². The van der Waals surface area contributed by atoms with E-state index in [1.165, 1.54) is 5.56 Å². The number of ether oxygens (including phenoxy) is 1. The molecule has 1 unspecified atom stereocenters. The van der Waals surface area contributed by atoms with Gasteiger partial charge in [-0.1, -0.05) is 31.2 Å². The smallest absolute Gasteiger partial charge is 0.240 e. The molecule has 25 heavy (non-hydrogen) atoms. The van der Waals surface area contributed by atoms with E-state index in [1.54, 1.807) is 31.4 Å². The van der Waals surface area contributed by atoms with E-state index < -0.39 is 10.0 Å². The molecular weight excluding hydrogens is 336 g/mol. The van der Waals surface area contributed by atoms with Gasteiger partial charge in [0.25, 0.3) is 0 Å². The second kappa shape index (κ2) is 8.47. The van der Waals surface area contributed by atoms with E-state index in [1.807, 2.05) is 19.0 Å². The van der Waals surface area contributed by atoms with E-state index in [-0.39, 0.29) is 10.9 Å². The van der Waals surface area contributed by atoms with Crippen molar-refractivity contribution in [1.29, 1.82) is 0 Å². The number of hydrogen-bond acceptors (Lipinski definition) is 4. The Hall–Kier alpha value is -1.89. The molecule has 6 heteroatoms. The maximum Gasteiger partial charge on any atom is 0.240 e. The first-order valence-corrected chi connectivity index (χ1v) is 9.74. The van der Waals surface area contributed by atoms with E-state index in [4.69, 9.17) is 4.74 Å². The summed E-state index contributed by atoms with van der Waals surface area (Å²) < 4.78 is 32.8. The van der Waals surface area contributed by atoms with Crippen LogP contribution < -0.4 is 9.46 Å². The van der Waals surface area contributed by atoms with Gasteiger partial charge >= 0.3 is 0 Å². The van der Waals surface area contributed by atoms with Gasteiger partial charge < -0.3 is 9.64 Å². The fraction of sp³-hybridized carbons (Fsp3) is 0.368. The molecule has 0 saturated heterocycles. The molecule has 0 aliphatic carbocycles. The van der Waals surface area contributed by atoms with Crippen LogP contribution in [-0.2, 0) is 16.4 Å². The molecule has 0 bridgehead atoms. The summed E-state index contributed by atoms with van der Waals surface area (Å²) in [7, 11) is 1.87. The molecule has 1 atom stereocenters. The molecule has 0 aliphatic heterocycles. The van der Waals surface area contributed by atoms with Crippen molar-refractivity contribution in [3.63, 3.8) is 0 Å². The minimum atomic E-state index is -3.57. The number of sulfonamides is 1. The van der Waals surface area contributed by atoms with Crippen LogP contribution in [0.1, 0.15) is 24.1 Å². The maximum atomic E-state index is 12.5. The second-order valence-corrected chi connectivity index (χ2v) is 7.87. The van der Waals surface area contributed by atoms with Gasteiger partial charge in [-0.3, -0.25) is 0 Å². The Morgan fingerprint density at radius 2 is 1.64 bits per heavy atom. The summed E-state index contributed by atoms with van der Waals surface area (Å²) in [6.07, 6.45) is 0.983. The third-order valence-electron chi connectivity index (χ3n) is 4.23. The molecule has 0 amide bonds. The van der Waals surface area contributed by atoms with Gasteiger partial charge in [-0.05, 0) is 55.9 Å². The van der Waals surface area contributed by atoms with E-state index in [0.29, 0.717) is 12.3 Å². The van der Waals surface area contributed by atoms with Gasteiger partial charge in [0.05, 0.1) is 12.0 Å². The lowest BCUT2D eigenvalue weighted by atomic mass is 10.0. The van der Waals surface area contributed by atoms with Crippen LogP contribution in [-0.4, -0.2) is 41.1 Å². The van der Waals surface area contributed by atoms with Gasteiger partial charge in [0.2, 0.25) is 10.0 Å². The number of nitrogens with zero attached hydrogens (tertiary/aromatic N) is 1. The summed E-state index contributed by atoms with van der Waals surface area (Å²) in [6.45, 7) is 2.41. The Kier molecular flexibility index (Phi) is 6.58. The predicted molar refractivity (Wildman–Crippen MR) is 100 cm³/mol. The number of likely N-dealkylation sites (N-methyl/N-ethyl adjacent to an activating group) is 1. The Morgan fingerprint density at radius 3 is 2.12 bits per heavy atom. The fourth-order valence-corrected chi connectivity index (χ4v) is 3.64. The number of methoxy groups -OCH3 is 1. The van der Waals surface area contributed by atoms with Gasteiger partial charge in [0.1, 0.15) is 5.75 Å². The highest BCUT2D eigenvalue weighted by atomic mass is 32.2. The number of rotatable bonds is 8. The largest absolute Gasteiger partial charge is 0.497 e. The fourth-order valence-electron chi connectivity index (χ4n) is 2.60. The molecule has 0 spiro atoms. The van der Waals surface area contributed by atoms with E-state index in [0.717, 1.165) is 12.0 Å². The van der Waals surface area contributed by atoms with Gasteiger partial charge in [0.15, 0.2) is 0 Å². The minimum absolute atomic E-state index is 0.0427. The van der Waals surface area contributed by atoms with Crippen molar-refractivity contribution < 1.29 is 13.2 Å². The van der Waals surface area contributed by atoms with Crippen molar-refractivity contribution in [1.82, 2.24) is 9.62 Å². The van der Waals surface area contributed by atoms with Crippen molar-refractivity contribution in [3.05, 3.63) is 59.7 Å². The van der Waals surface area contributed by atoms with Crippen LogP contribution in [0.15, 0.2) is 53.4 Å². The van der Waals surface area contributed by atoms with Crippen molar-refractivity contribution in [2.45, 2.75) is 24.3 Å². The summed E-state index contributed by atoms with van der Waals surface area (Å²) in [4.78, 5) is 2.24. The zero-order valence-corrected chi connectivity index (χ0v) is 16.0. The molecular formula is C19H26N2O3S. The highest BCUT2D eigenvalue weighted by Crippen LogP contribution is 2.20. The maximum absolute atomic E-state index is 12.5. The summed E-state index contributed by atoms with van der Waals surface area (Å²) >= 11 is 0. The quantitative estimate of drug-likeness (QED) is 0.784. The van der Waals surface area contributed by atoms with Crippen molar-refractivity contribution in [2.75, 3.05) is 27.7 Å². The molecule has 1 N–H and O–H groups in total. The SMILES string of the molecule is CCc1ccc(C(CNS(=O)(=O)c2ccc(OC)cc2)N(C)C)cc1. The number of aryl methyl sites for hydroxylation is 1. The molecule has 2 aromatic carbocycles. The highest BCUT2D eigenvalue weighted by Gasteiger charge is 2.19. The Bertz CT molecular complexity index is 769. The third-order valence-corrected chi connectivity index (χ3v) is 5.67.